The van der Waals surface area contributed by atoms with Crippen LogP contribution in [-0.2, 0) is 11.2 Å². The molecule has 1 aromatic carbocycles. The van der Waals surface area contributed by atoms with Crippen molar-refractivity contribution >= 4 is 17.5 Å². The molecule has 0 aliphatic heterocycles. The largest absolute Gasteiger partial charge is 0.356 e. The first-order chi connectivity index (χ1) is 8.52. The van der Waals surface area contributed by atoms with Gasteiger partial charge in [0.1, 0.15) is 0 Å². The number of hydrogen-bond donors (Lipinski definition) is 1. The molecule has 1 rings (SSSR count). The van der Waals surface area contributed by atoms with E-state index in [1.807, 2.05) is 13.8 Å². The van der Waals surface area contributed by atoms with E-state index < -0.39 is 0 Å². The van der Waals surface area contributed by atoms with Gasteiger partial charge in [0.05, 0.1) is 6.42 Å². The van der Waals surface area contributed by atoms with Crippen molar-refractivity contribution in [3.63, 3.8) is 0 Å². The number of amides is 1. The van der Waals surface area contributed by atoms with E-state index in [0.717, 1.165) is 12.0 Å². The van der Waals surface area contributed by atoms with Crippen molar-refractivity contribution < 1.29 is 4.79 Å². The molecule has 3 heteroatoms. The van der Waals surface area contributed by atoms with Gasteiger partial charge in [0.25, 0.3) is 0 Å². The molecule has 0 saturated heterocycles. The highest BCUT2D eigenvalue weighted by Crippen LogP contribution is 2.11. The Morgan fingerprint density at radius 3 is 2.78 bits per heavy atom. The van der Waals surface area contributed by atoms with Gasteiger partial charge >= 0.3 is 0 Å². The van der Waals surface area contributed by atoms with Crippen LogP contribution in [0.4, 0.5) is 0 Å². The molecule has 2 nitrogen and oxygen atoms in total. The summed E-state index contributed by atoms with van der Waals surface area (Å²) in [5.74, 6) is 1.17. The third-order valence-electron chi connectivity index (χ3n) is 3.11. The van der Waals surface area contributed by atoms with E-state index in [4.69, 9.17) is 11.6 Å². The van der Waals surface area contributed by atoms with Gasteiger partial charge in [0.15, 0.2) is 0 Å². The van der Waals surface area contributed by atoms with Crippen LogP contribution in [0, 0.1) is 19.8 Å². The minimum atomic E-state index is 0.0881. The lowest BCUT2D eigenvalue weighted by atomic mass is 10.0. The summed E-state index contributed by atoms with van der Waals surface area (Å²) in [6, 6.07) is 6.21. The van der Waals surface area contributed by atoms with E-state index in [1.165, 1.54) is 11.1 Å². The van der Waals surface area contributed by atoms with E-state index in [9.17, 15) is 4.79 Å². The van der Waals surface area contributed by atoms with Gasteiger partial charge in [-0.1, -0.05) is 30.7 Å². The van der Waals surface area contributed by atoms with Gasteiger partial charge in [-0.05, 0) is 37.3 Å². The standard InChI is InChI=1S/C15H22ClNO/c1-11-4-5-13(3)14(8-11)9-15(18)17-10-12(2)6-7-16/h4-5,8,12H,6-7,9-10H2,1-3H3,(H,17,18). The number of halogens is 1. The molecule has 0 aliphatic carbocycles. The van der Waals surface area contributed by atoms with E-state index in [1.54, 1.807) is 0 Å². The zero-order chi connectivity index (χ0) is 13.5. The second-order valence-electron chi connectivity index (χ2n) is 4.99. The smallest absolute Gasteiger partial charge is 0.224 e. The molecule has 1 atom stereocenters. The summed E-state index contributed by atoms with van der Waals surface area (Å²) >= 11 is 5.67. The first-order valence-corrected chi connectivity index (χ1v) is 6.95. The van der Waals surface area contributed by atoms with Crippen LogP contribution in [0.3, 0.4) is 0 Å². The van der Waals surface area contributed by atoms with Crippen molar-refractivity contribution in [3.8, 4) is 0 Å². The Labute approximate surface area is 115 Å². The number of benzene rings is 1. The average molecular weight is 268 g/mol. The quantitative estimate of drug-likeness (QED) is 0.788. The molecule has 0 saturated carbocycles. The molecule has 0 radical (unpaired) electrons. The van der Waals surface area contributed by atoms with E-state index in [-0.39, 0.29) is 5.91 Å². The predicted octanol–water partition coefficient (Wildman–Crippen LogP) is 3.23. The number of aryl methyl sites for hydroxylation is 2. The Kier molecular flexibility index (Phi) is 6.20. The molecule has 0 bridgehead atoms. The van der Waals surface area contributed by atoms with E-state index in [2.05, 4.69) is 30.4 Å². The summed E-state index contributed by atoms with van der Waals surface area (Å²) < 4.78 is 0. The van der Waals surface area contributed by atoms with Gasteiger partial charge in [0.2, 0.25) is 5.91 Å². The second-order valence-corrected chi connectivity index (χ2v) is 5.37. The Hall–Kier alpha value is -1.02. The van der Waals surface area contributed by atoms with Gasteiger partial charge in [0, 0.05) is 12.4 Å². The molecular weight excluding hydrogens is 246 g/mol. The predicted molar refractivity (Wildman–Crippen MR) is 77.1 cm³/mol. The van der Waals surface area contributed by atoms with Crippen molar-refractivity contribution in [1.82, 2.24) is 5.32 Å². The van der Waals surface area contributed by atoms with Crippen LogP contribution in [0.25, 0.3) is 0 Å². The monoisotopic (exact) mass is 267 g/mol. The molecule has 1 N–H and O–H groups in total. The van der Waals surface area contributed by atoms with Gasteiger partial charge in [-0.25, -0.2) is 0 Å². The Balaban J connectivity index is 2.47. The topological polar surface area (TPSA) is 29.1 Å². The molecule has 1 unspecified atom stereocenters. The number of carbonyl (C=O) groups is 1. The molecule has 0 aliphatic rings. The van der Waals surface area contributed by atoms with Crippen molar-refractivity contribution in [3.05, 3.63) is 34.9 Å². The fourth-order valence-corrected chi connectivity index (χ4v) is 2.18. The SMILES string of the molecule is Cc1ccc(C)c(CC(=O)NCC(C)CCCl)c1. The average Bonchev–Trinajstić information content (AvgIpc) is 2.32. The van der Waals surface area contributed by atoms with Crippen LogP contribution in [0.15, 0.2) is 18.2 Å². The number of nitrogens with one attached hydrogen (secondary N) is 1. The van der Waals surface area contributed by atoms with E-state index in [0.29, 0.717) is 24.8 Å². The third kappa shape index (κ3) is 5.09. The normalized spacial score (nSPS) is 12.2. The van der Waals surface area contributed by atoms with Crippen LogP contribution in [-0.4, -0.2) is 18.3 Å². The molecule has 0 spiro atoms. The second kappa shape index (κ2) is 7.42. The third-order valence-corrected chi connectivity index (χ3v) is 3.32. The van der Waals surface area contributed by atoms with Crippen molar-refractivity contribution in [2.45, 2.75) is 33.6 Å². The Morgan fingerprint density at radius 1 is 1.39 bits per heavy atom. The number of rotatable bonds is 6. The molecular formula is C15H22ClNO. The number of alkyl halides is 1. The van der Waals surface area contributed by atoms with Crippen LogP contribution in [0.2, 0.25) is 0 Å². The van der Waals surface area contributed by atoms with Crippen LogP contribution < -0.4 is 5.32 Å². The Morgan fingerprint density at radius 2 is 2.11 bits per heavy atom. The maximum atomic E-state index is 11.8. The fraction of sp³-hybridized carbons (Fsp3) is 0.533. The summed E-state index contributed by atoms with van der Waals surface area (Å²) in [4.78, 5) is 11.8. The maximum Gasteiger partial charge on any atom is 0.224 e. The highest BCUT2D eigenvalue weighted by molar-refractivity contribution is 6.17. The van der Waals surface area contributed by atoms with Gasteiger partial charge in [-0.2, -0.15) is 0 Å². The first kappa shape index (κ1) is 15.0. The summed E-state index contributed by atoms with van der Waals surface area (Å²) in [6.07, 6.45) is 1.40. The minimum Gasteiger partial charge on any atom is -0.356 e. The molecule has 100 valence electrons. The summed E-state index contributed by atoms with van der Waals surface area (Å²) in [7, 11) is 0. The minimum absolute atomic E-state index is 0.0881. The van der Waals surface area contributed by atoms with Crippen LogP contribution >= 0.6 is 11.6 Å². The van der Waals surface area contributed by atoms with Crippen molar-refractivity contribution in [2.75, 3.05) is 12.4 Å². The molecule has 1 aromatic rings. The van der Waals surface area contributed by atoms with Gasteiger partial charge < -0.3 is 5.32 Å². The lowest BCUT2D eigenvalue weighted by molar-refractivity contribution is -0.120. The van der Waals surface area contributed by atoms with Crippen LogP contribution in [0.5, 0.6) is 0 Å². The summed E-state index contributed by atoms with van der Waals surface area (Å²) in [6.45, 7) is 6.89. The molecule has 0 heterocycles. The molecule has 1 amide bonds. The summed E-state index contributed by atoms with van der Waals surface area (Å²) in [5, 5.41) is 2.96. The van der Waals surface area contributed by atoms with Crippen LogP contribution in [0.1, 0.15) is 30.0 Å². The first-order valence-electron chi connectivity index (χ1n) is 6.41. The summed E-state index contributed by atoms with van der Waals surface area (Å²) in [5.41, 5.74) is 3.47. The number of carbonyl (C=O) groups excluding carboxylic acids is 1. The molecule has 18 heavy (non-hydrogen) atoms. The lowest BCUT2D eigenvalue weighted by Crippen LogP contribution is -2.29. The highest BCUT2D eigenvalue weighted by atomic mass is 35.5. The highest BCUT2D eigenvalue weighted by Gasteiger charge is 2.08. The van der Waals surface area contributed by atoms with E-state index >= 15 is 0 Å². The zero-order valence-electron chi connectivity index (χ0n) is 11.4. The van der Waals surface area contributed by atoms with Gasteiger partial charge in [-0.3, -0.25) is 4.79 Å². The maximum absolute atomic E-state index is 11.8. The Bertz CT molecular complexity index is 403. The number of hydrogen-bond acceptors (Lipinski definition) is 1. The molecule has 0 fully saturated rings. The lowest BCUT2D eigenvalue weighted by Gasteiger charge is -2.12. The fourth-order valence-electron chi connectivity index (χ4n) is 1.80. The zero-order valence-corrected chi connectivity index (χ0v) is 12.2. The molecule has 0 aromatic heterocycles. The van der Waals surface area contributed by atoms with Crippen molar-refractivity contribution in [2.24, 2.45) is 5.92 Å². The van der Waals surface area contributed by atoms with Crippen molar-refractivity contribution in [1.29, 1.82) is 0 Å². The van der Waals surface area contributed by atoms with Gasteiger partial charge in [-0.15, -0.1) is 11.6 Å².